The van der Waals surface area contributed by atoms with Crippen LogP contribution in [0.2, 0.25) is 0 Å². The molecule has 1 heterocycles. The van der Waals surface area contributed by atoms with E-state index < -0.39 is 5.25 Å². The zero-order valence-corrected chi connectivity index (χ0v) is 18.0. The Morgan fingerprint density at radius 3 is 2.58 bits per heavy atom. The van der Waals surface area contributed by atoms with Crippen molar-refractivity contribution in [3.63, 3.8) is 0 Å². The van der Waals surface area contributed by atoms with E-state index in [1.54, 1.807) is 12.0 Å². The summed E-state index contributed by atoms with van der Waals surface area (Å²) in [5.74, 6) is -0.320. The van der Waals surface area contributed by atoms with E-state index in [0.29, 0.717) is 24.0 Å². The maximum atomic E-state index is 13.0. The summed E-state index contributed by atoms with van der Waals surface area (Å²) in [4.78, 5) is 31.9. The lowest BCUT2D eigenvalue weighted by molar-refractivity contribution is -0.128. The first-order chi connectivity index (χ1) is 15.1. The van der Waals surface area contributed by atoms with Crippen LogP contribution < -0.4 is 5.32 Å². The molecule has 0 radical (unpaired) electrons. The number of methoxy groups -OCH3 is 1. The minimum atomic E-state index is -0.514. The molecule has 1 aliphatic heterocycles. The Balaban J connectivity index is 1.47. The van der Waals surface area contributed by atoms with E-state index >= 15 is 0 Å². The molecule has 3 aromatic rings. The molecule has 0 aliphatic carbocycles. The number of nitrogens with one attached hydrogen (secondary N) is 1. The molecule has 1 N–H and O–H groups in total. The van der Waals surface area contributed by atoms with Gasteiger partial charge in [0.1, 0.15) is 5.25 Å². The fourth-order valence-electron chi connectivity index (χ4n) is 3.37. The lowest BCUT2D eigenvalue weighted by Crippen LogP contribution is -2.35. The van der Waals surface area contributed by atoms with Crippen LogP contribution in [0.5, 0.6) is 0 Å². The number of nitrogens with zero attached hydrogens (tertiary/aromatic N) is 2. The predicted octanol–water partition coefficient (Wildman–Crippen LogP) is 4.45. The molecule has 4 rings (SSSR count). The molecule has 1 aliphatic rings. The molecule has 1 saturated heterocycles. The number of amides is 2. The van der Waals surface area contributed by atoms with Gasteiger partial charge in [-0.15, -0.1) is 0 Å². The van der Waals surface area contributed by atoms with Gasteiger partial charge in [-0.2, -0.15) is 0 Å². The molecule has 3 aromatic carbocycles. The van der Waals surface area contributed by atoms with Crippen LogP contribution in [0.3, 0.4) is 0 Å². The standard InChI is InChI=1S/C24H23N3O3S/c1-30-14-13-27-23(29)21(31-24(27)26-19-9-3-2-4-10-19)16-22(28)25-20-12-11-17-7-5-6-8-18(17)15-20/h2-12,15,21H,13-14,16H2,1H3,(H,25,28)/t21-/m0/s1. The van der Waals surface area contributed by atoms with Crippen LogP contribution in [0.4, 0.5) is 11.4 Å². The van der Waals surface area contributed by atoms with Crippen LogP contribution in [-0.4, -0.2) is 47.4 Å². The Morgan fingerprint density at radius 2 is 1.81 bits per heavy atom. The van der Waals surface area contributed by atoms with Crippen molar-refractivity contribution in [1.29, 1.82) is 0 Å². The summed E-state index contributed by atoms with van der Waals surface area (Å²) in [6.07, 6.45) is 0.0770. The van der Waals surface area contributed by atoms with Gasteiger partial charge in [0.15, 0.2) is 5.17 Å². The number of thioether (sulfide) groups is 1. The van der Waals surface area contributed by atoms with Crippen molar-refractivity contribution in [3.05, 3.63) is 72.8 Å². The fraction of sp³-hybridized carbons (Fsp3) is 0.208. The number of anilines is 1. The molecular formula is C24H23N3O3S. The van der Waals surface area contributed by atoms with Gasteiger partial charge in [-0.3, -0.25) is 14.5 Å². The molecule has 7 heteroatoms. The van der Waals surface area contributed by atoms with Gasteiger partial charge in [0, 0.05) is 19.2 Å². The van der Waals surface area contributed by atoms with E-state index in [4.69, 9.17) is 4.74 Å². The molecule has 0 spiro atoms. The first-order valence-corrected chi connectivity index (χ1v) is 10.9. The highest BCUT2D eigenvalue weighted by molar-refractivity contribution is 8.15. The number of carbonyl (C=O) groups is 2. The summed E-state index contributed by atoms with van der Waals surface area (Å²) in [5, 5.41) is 5.16. The highest BCUT2D eigenvalue weighted by atomic mass is 32.2. The molecule has 0 unspecified atom stereocenters. The van der Waals surface area contributed by atoms with E-state index in [2.05, 4.69) is 10.3 Å². The Kier molecular flexibility index (Phi) is 6.64. The van der Waals surface area contributed by atoms with Gasteiger partial charge in [0.2, 0.25) is 11.8 Å². The summed E-state index contributed by atoms with van der Waals surface area (Å²) < 4.78 is 5.14. The van der Waals surface area contributed by atoms with Crippen molar-refractivity contribution >= 4 is 50.9 Å². The second-order valence-electron chi connectivity index (χ2n) is 7.13. The Hall–Kier alpha value is -3.16. The SMILES string of the molecule is COCCN1C(=O)[C@H](CC(=O)Nc2ccc3ccccc3c2)SC1=Nc1ccccc1. The van der Waals surface area contributed by atoms with Gasteiger partial charge in [0.05, 0.1) is 18.8 Å². The predicted molar refractivity (Wildman–Crippen MR) is 126 cm³/mol. The third kappa shape index (κ3) is 5.13. The zero-order valence-electron chi connectivity index (χ0n) is 17.2. The smallest absolute Gasteiger partial charge is 0.242 e. The van der Waals surface area contributed by atoms with Crippen molar-refractivity contribution in [2.45, 2.75) is 11.7 Å². The van der Waals surface area contributed by atoms with E-state index in [-0.39, 0.29) is 18.2 Å². The van der Waals surface area contributed by atoms with Gasteiger partial charge in [0.25, 0.3) is 0 Å². The first kappa shape index (κ1) is 21.1. The lowest BCUT2D eigenvalue weighted by Gasteiger charge is -2.15. The van der Waals surface area contributed by atoms with Crippen molar-refractivity contribution in [1.82, 2.24) is 4.90 Å². The molecule has 158 valence electrons. The quantitative estimate of drug-likeness (QED) is 0.598. The summed E-state index contributed by atoms with van der Waals surface area (Å²) in [5.41, 5.74) is 1.48. The molecule has 6 nitrogen and oxygen atoms in total. The minimum absolute atomic E-state index is 0.0770. The Bertz CT molecular complexity index is 1120. The normalized spacial score (nSPS) is 17.5. The fourth-order valence-corrected chi connectivity index (χ4v) is 4.56. The number of hydrogen-bond acceptors (Lipinski definition) is 5. The van der Waals surface area contributed by atoms with Gasteiger partial charge in [-0.25, -0.2) is 4.99 Å². The second-order valence-corrected chi connectivity index (χ2v) is 8.30. The summed E-state index contributed by atoms with van der Waals surface area (Å²) in [6, 6.07) is 23.2. The molecule has 2 amide bonds. The number of aliphatic imine (C=N–C) groups is 1. The van der Waals surface area contributed by atoms with Crippen LogP contribution in [0, 0.1) is 0 Å². The van der Waals surface area contributed by atoms with Crippen molar-refractivity contribution in [2.24, 2.45) is 4.99 Å². The highest BCUT2D eigenvalue weighted by Crippen LogP contribution is 2.32. The van der Waals surface area contributed by atoms with Gasteiger partial charge in [-0.1, -0.05) is 60.3 Å². The molecule has 0 aromatic heterocycles. The number of amidine groups is 1. The van der Waals surface area contributed by atoms with E-state index in [1.165, 1.54) is 11.8 Å². The van der Waals surface area contributed by atoms with E-state index in [9.17, 15) is 9.59 Å². The second kappa shape index (κ2) is 9.76. The van der Waals surface area contributed by atoms with Gasteiger partial charge < -0.3 is 10.1 Å². The average Bonchev–Trinajstić information content (AvgIpc) is 3.06. The number of rotatable bonds is 7. The number of benzene rings is 3. The molecule has 31 heavy (non-hydrogen) atoms. The monoisotopic (exact) mass is 433 g/mol. The van der Waals surface area contributed by atoms with E-state index in [0.717, 1.165) is 16.5 Å². The Labute approximate surface area is 185 Å². The van der Waals surface area contributed by atoms with Crippen LogP contribution in [-0.2, 0) is 14.3 Å². The number of fused-ring (bicyclic) bond motifs is 1. The maximum Gasteiger partial charge on any atom is 0.242 e. The zero-order chi connectivity index (χ0) is 21.6. The average molecular weight is 434 g/mol. The minimum Gasteiger partial charge on any atom is -0.383 e. The number of hydrogen-bond donors (Lipinski definition) is 1. The lowest BCUT2D eigenvalue weighted by atomic mass is 10.1. The number of para-hydroxylation sites is 1. The molecular weight excluding hydrogens is 410 g/mol. The molecule has 0 saturated carbocycles. The van der Waals surface area contributed by atoms with Crippen molar-refractivity contribution in [2.75, 3.05) is 25.6 Å². The van der Waals surface area contributed by atoms with Crippen LogP contribution >= 0.6 is 11.8 Å². The maximum absolute atomic E-state index is 13.0. The van der Waals surface area contributed by atoms with Gasteiger partial charge in [-0.05, 0) is 35.0 Å². The van der Waals surface area contributed by atoms with Crippen LogP contribution in [0.25, 0.3) is 10.8 Å². The highest BCUT2D eigenvalue weighted by Gasteiger charge is 2.39. The summed E-state index contributed by atoms with van der Waals surface area (Å²) in [6.45, 7) is 0.799. The molecule has 0 bridgehead atoms. The van der Waals surface area contributed by atoms with Crippen molar-refractivity contribution < 1.29 is 14.3 Å². The third-order valence-corrected chi connectivity index (χ3v) is 6.10. The summed E-state index contributed by atoms with van der Waals surface area (Å²) in [7, 11) is 1.59. The number of ether oxygens (including phenoxy) is 1. The van der Waals surface area contributed by atoms with Crippen molar-refractivity contribution in [3.8, 4) is 0 Å². The third-order valence-electron chi connectivity index (χ3n) is 4.92. The van der Waals surface area contributed by atoms with Crippen LogP contribution in [0.1, 0.15) is 6.42 Å². The van der Waals surface area contributed by atoms with Gasteiger partial charge >= 0.3 is 0 Å². The van der Waals surface area contributed by atoms with Crippen LogP contribution in [0.15, 0.2) is 77.8 Å². The van der Waals surface area contributed by atoms with E-state index in [1.807, 2.05) is 72.8 Å². The molecule has 1 fully saturated rings. The largest absolute Gasteiger partial charge is 0.383 e. The Morgan fingerprint density at radius 1 is 1.06 bits per heavy atom. The first-order valence-electron chi connectivity index (χ1n) is 10.0. The summed E-state index contributed by atoms with van der Waals surface area (Å²) >= 11 is 1.32. The topological polar surface area (TPSA) is 71.0 Å². The number of carbonyl (C=O) groups excluding carboxylic acids is 2. The molecule has 1 atom stereocenters.